The van der Waals surface area contributed by atoms with Gasteiger partial charge >= 0.3 is 104 Å². The SMILES string of the molecule is C1CCC([PH+](C2CCCCC2)C2CCCCC2)CC1.C[C](c1ccccc1OC(C)C)=[Ru]([Cl])[Cl]. The summed E-state index contributed by atoms with van der Waals surface area (Å²) in [6, 6.07) is 7.87. The van der Waals surface area contributed by atoms with Gasteiger partial charge in [0.1, 0.15) is 0 Å². The van der Waals surface area contributed by atoms with Gasteiger partial charge in [0.15, 0.2) is 0 Å². The van der Waals surface area contributed by atoms with Gasteiger partial charge in [0.05, 0.1) is 17.0 Å². The maximum atomic E-state index is 5.99. The van der Waals surface area contributed by atoms with E-state index in [1.54, 1.807) is 96.3 Å². The number of para-hydroxylation sites is 1. The number of hydrogen-bond donors (Lipinski definition) is 0. The summed E-state index contributed by atoms with van der Waals surface area (Å²) in [5.74, 6) is 0.866. The molecule has 0 unspecified atom stereocenters. The maximum absolute atomic E-state index is 5.99. The standard InChI is InChI=1S/C18H33P.C11H14O.2ClH.Ru/c1-4-10-16(11-5-1)19(17-12-6-2-7-13-17)18-14-8-3-9-15-18;1-4-10-7-5-6-8-11(10)12-9(2)3;;;/h16-18H,1-15H2;5-9H,1-3H3;2*1H;/q;;;;+2/p-1. The molecule has 0 amide bonds. The first kappa shape index (κ1) is 29.1. The van der Waals surface area contributed by atoms with Crippen LogP contribution < -0.4 is 4.74 Å². The van der Waals surface area contributed by atoms with Crippen molar-refractivity contribution in [2.24, 2.45) is 0 Å². The Kier molecular flexibility index (Phi) is 13.4. The zero-order chi connectivity index (χ0) is 24.3. The molecule has 3 aliphatic rings. The van der Waals surface area contributed by atoms with E-state index in [0.29, 0.717) is 0 Å². The molecule has 0 bridgehead atoms. The molecule has 4 rings (SSSR count). The van der Waals surface area contributed by atoms with Crippen LogP contribution in [0, 0.1) is 0 Å². The van der Waals surface area contributed by atoms with Crippen LogP contribution in [0.25, 0.3) is 0 Å². The van der Waals surface area contributed by atoms with Gasteiger partial charge in [-0.05, 0) is 77.0 Å². The van der Waals surface area contributed by atoms with Crippen molar-refractivity contribution < 1.29 is 18.3 Å². The molecule has 3 fully saturated rings. The Morgan fingerprint density at radius 2 is 1.18 bits per heavy atom. The van der Waals surface area contributed by atoms with Gasteiger partial charge in [0.2, 0.25) is 0 Å². The summed E-state index contributed by atoms with van der Waals surface area (Å²) in [6.45, 7) is 5.98. The zero-order valence-corrected chi connectivity index (χ0v) is 26.0. The molecule has 196 valence electrons. The molecule has 5 heteroatoms. The molecular formula is C29H48Cl2OPRu+. The van der Waals surface area contributed by atoms with E-state index in [2.05, 4.69) is 0 Å². The van der Waals surface area contributed by atoms with Gasteiger partial charge in [-0.2, -0.15) is 0 Å². The molecule has 1 aromatic rings. The van der Waals surface area contributed by atoms with E-state index < -0.39 is 13.5 Å². The third-order valence-corrected chi connectivity index (χ3v) is 16.4. The van der Waals surface area contributed by atoms with Crippen molar-refractivity contribution in [1.29, 1.82) is 0 Å². The molecule has 0 N–H and O–H groups in total. The summed E-state index contributed by atoms with van der Waals surface area (Å²) < 4.78 is 6.76. The molecule has 3 saturated carbocycles. The number of ether oxygens (including phenoxy) is 1. The molecule has 1 aromatic carbocycles. The van der Waals surface area contributed by atoms with Crippen LogP contribution in [0.4, 0.5) is 0 Å². The number of benzene rings is 1. The fourth-order valence-corrected chi connectivity index (χ4v) is 13.3. The normalized spacial score (nSPS) is 21.2. The fourth-order valence-electron chi connectivity index (χ4n) is 6.48. The third-order valence-electron chi connectivity index (χ3n) is 8.04. The number of halogens is 2. The minimum absolute atomic E-state index is 0.0465. The van der Waals surface area contributed by atoms with Crippen molar-refractivity contribution in [3.63, 3.8) is 0 Å². The van der Waals surface area contributed by atoms with Crippen LogP contribution >= 0.6 is 27.3 Å². The third kappa shape index (κ3) is 9.12. The first-order chi connectivity index (χ1) is 16.5. The van der Waals surface area contributed by atoms with Gasteiger partial charge in [-0.15, -0.1) is 0 Å². The first-order valence-electron chi connectivity index (χ1n) is 13.9. The Hall–Kier alpha value is 0.523. The second-order valence-corrected chi connectivity index (χ2v) is 20.5. The molecule has 0 heterocycles. The van der Waals surface area contributed by atoms with Crippen molar-refractivity contribution in [3.8, 4) is 5.75 Å². The Morgan fingerprint density at radius 3 is 1.56 bits per heavy atom. The summed E-state index contributed by atoms with van der Waals surface area (Å²) in [4.78, 5) is 0. The van der Waals surface area contributed by atoms with Gasteiger partial charge in [-0.3, -0.25) is 0 Å². The van der Waals surface area contributed by atoms with Crippen LogP contribution in [0.1, 0.15) is 123 Å². The molecular weight excluding hydrogens is 567 g/mol. The Balaban J connectivity index is 0.000000197. The van der Waals surface area contributed by atoms with E-state index in [9.17, 15) is 0 Å². The second kappa shape index (κ2) is 15.7. The van der Waals surface area contributed by atoms with E-state index in [0.717, 1.165) is 15.4 Å². The van der Waals surface area contributed by atoms with E-state index in [-0.39, 0.29) is 14.0 Å². The van der Waals surface area contributed by atoms with Gasteiger partial charge in [0, 0.05) is 7.92 Å². The summed E-state index contributed by atoms with van der Waals surface area (Å²) >= 11 is -1.82. The van der Waals surface area contributed by atoms with Gasteiger partial charge < -0.3 is 0 Å². The molecule has 1 nitrogen and oxygen atoms in total. The topological polar surface area (TPSA) is 9.23 Å². The quantitative estimate of drug-likeness (QED) is 0.229. The molecule has 34 heavy (non-hydrogen) atoms. The monoisotopic (exact) mass is 615 g/mol. The summed E-state index contributed by atoms with van der Waals surface area (Å²) in [7, 11) is 11.9. The predicted octanol–water partition coefficient (Wildman–Crippen LogP) is 10.1. The predicted molar refractivity (Wildman–Crippen MR) is 153 cm³/mol. The van der Waals surface area contributed by atoms with Crippen LogP contribution in [0.15, 0.2) is 24.3 Å². The summed E-state index contributed by atoms with van der Waals surface area (Å²) in [5, 5.41) is 0. The van der Waals surface area contributed by atoms with Crippen LogP contribution in [0.3, 0.4) is 0 Å². The van der Waals surface area contributed by atoms with Crippen LogP contribution in [-0.2, 0) is 13.5 Å². The Morgan fingerprint density at radius 1 is 0.765 bits per heavy atom. The van der Waals surface area contributed by atoms with Crippen LogP contribution in [-0.4, -0.2) is 27.2 Å². The van der Waals surface area contributed by atoms with Crippen molar-refractivity contribution in [1.82, 2.24) is 0 Å². The van der Waals surface area contributed by atoms with Crippen LogP contribution in [0.5, 0.6) is 5.75 Å². The van der Waals surface area contributed by atoms with Crippen molar-refractivity contribution in [2.45, 2.75) is 140 Å². The van der Waals surface area contributed by atoms with Crippen LogP contribution in [0.2, 0.25) is 0 Å². The fraction of sp³-hybridized carbons (Fsp3) is 0.759. The minimum atomic E-state index is -1.82. The average molecular weight is 616 g/mol. The van der Waals surface area contributed by atoms with Crippen molar-refractivity contribution >= 4 is 31.4 Å². The Labute approximate surface area is 224 Å². The zero-order valence-electron chi connectivity index (χ0n) is 21.7. The molecule has 0 spiro atoms. The first-order valence-corrected chi connectivity index (χ1v) is 21.0. The number of rotatable bonds is 6. The molecule has 0 atom stereocenters. The van der Waals surface area contributed by atoms with E-state index in [1.807, 2.05) is 45.0 Å². The van der Waals surface area contributed by atoms with Crippen molar-refractivity contribution in [3.05, 3.63) is 29.8 Å². The molecule has 0 saturated heterocycles. The van der Waals surface area contributed by atoms with E-state index in [1.165, 1.54) is 17.0 Å². The summed E-state index contributed by atoms with van der Waals surface area (Å²) in [6.07, 6.45) is 23.9. The molecule has 3 aliphatic carbocycles. The van der Waals surface area contributed by atoms with Gasteiger partial charge in [-0.1, -0.05) is 19.3 Å². The second-order valence-electron chi connectivity index (χ2n) is 10.9. The number of hydrogen-bond acceptors (Lipinski definition) is 1. The van der Waals surface area contributed by atoms with E-state index >= 15 is 0 Å². The molecule has 0 aromatic heterocycles. The summed E-state index contributed by atoms with van der Waals surface area (Å²) in [5.41, 5.74) is 4.72. The van der Waals surface area contributed by atoms with E-state index in [4.69, 9.17) is 24.1 Å². The van der Waals surface area contributed by atoms with Crippen molar-refractivity contribution in [2.75, 3.05) is 0 Å². The molecule has 0 aliphatic heterocycles. The molecule has 0 radical (unpaired) electrons. The van der Waals surface area contributed by atoms with Gasteiger partial charge in [0.25, 0.3) is 0 Å². The average Bonchev–Trinajstić information content (AvgIpc) is 2.86. The Bertz CT molecular complexity index is 703. The van der Waals surface area contributed by atoms with Gasteiger partial charge in [-0.25, -0.2) is 0 Å².